The summed E-state index contributed by atoms with van der Waals surface area (Å²) in [6.45, 7) is 4.21. The zero-order valence-corrected chi connectivity index (χ0v) is 15.5. The number of rotatable bonds is 2. The number of nitrogens with one attached hydrogen (secondary N) is 1. The Morgan fingerprint density at radius 2 is 1.96 bits per heavy atom. The lowest BCUT2D eigenvalue weighted by Gasteiger charge is -2.31. The Kier molecular flexibility index (Phi) is 5.96. The standard InChI is InChI=1S/C13H17NO.C8H8N2O2/c1-11-3-2-4-13(9-11)14-7-5-12(10-15)6-8-14;9-5-1-2-7-6(3-5)10-8(11)4-12-7/h2-4,9-10,12H,5-8H2,1H3;1-3H,4,9H2,(H,10,11). The number of benzene rings is 2. The van der Waals surface area contributed by atoms with Gasteiger partial charge in [-0.25, -0.2) is 0 Å². The van der Waals surface area contributed by atoms with Gasteiger partial charge in [-0.1, -0.05) is 12.1 Å². The van der Waals surface area contributed by atoms with Crippen LogP contribution < -0.4 is 20.7 Å². The average Bonchev–Trinajstić information content (AvgIpc) is 2.68. The first-order valence-corrected chi connectivity index (χ1v) is 9.14. The molecule has 1 amide bonds. The third kappa shape index (κ3) is 5.00. The van der Waals surface area contributed by atoms with Crippen molar-refractivity contribution in [1.29, 1.82) is 0 Å². The zero-order chi connectivity index (χ0) is 19.2. The Labute approximate surface area is 159 Å². The first-order valence-electron chi connectivity index (χ1n) is 9.14. The lowest BCUT2D eigenvalue weighted by molar-refractivity contribution is -0.118. The minimum absolute atomic E-state index is 0.0803. The van der Waals surface area contributed by atoms with Crippen LogP contribution in [0.25, 0.3) is 0 Å². The molecule has 4 rings (SSSR count). The highest BCUT2D eigenvalue weighted by Crippen LogP contribution is 2.29. The number of nitrogen functional groups attached to an aromatic ring is 1. The molecule has 6 nitrogen and oxygen atoms in total. The molecule has 0 atom stereocenters. The summed E-state index contributed by atoms with van der Waals surface area (Å²) in [7, 11) is 0. The van der Waals surface area contributed by atoms with E-state index in [1.807, 2.05) is 0 Å². The number of aryl methyl sites for hydroxylation is 1. The number of hydrogen-bond acceptors (Lipinski definition) is 5. The molecule has 0 spiro atoms. The van der Waals surface area contributed by atoms with Crippen molar-refractivity contribution in [3.05, 3.63) is 48.0 Å². The van der Waals surface area contributed by atoms with E-state index in [9.17, 15) is 9.59 Å². The van der Waals surface area contributed by atoms with Crippen LogP contribution in [0.3, 0.4) is 0 Å². The fraction of sp³-hybridized carbons (Fsp3) is 0.333. The molecule has 0 unspecified atom stereocenters. The van der Waals surface area contributed by atoms with Crippen LogP contribution in [-0.2, 0) is 9.59 Å². The van der Waals surface area contributed by atoms with E-state index in [1.54, 1.807) is 18.2 Å². The maximum absolute atomic E-state index is 10.9. The number of aldehydes is 1. The summed E-state index contributed by atoms with van der Waals surface area (Å²) >= 11 is 0. The van der Waals surface area contributed by atoms with E-state index in [4.69, 9.17) is 10.5 Å². The van der Waals surface area contributed by atoms with Crippen LogP contribution in [0.15, 0.2) is 42.5 Å². The molecule has 27 heavy (non-hydrogen) atoms. The van der Waals surface area contributed by atoms with Gasteiger partial charge in [0.05, 0.1) is 5.69 Å². The van der Waals surface area contributed by atoms with E-state index >= 15 is 0 Å². The van der Waals surface area contributed by atoms with Gasteiger partial charge in [0, 0.05) is 30.4 Å². The monoisotopic (exact) mass is 367 g/mol. The van der Waals surface area contributed by atoms with Crippen LogP contribution in [0.1, 0.15) is 18.4 Å². The van der Waals surface area contributed by atoms with Crippen molar-refractivity contribution in [3.8, 4) is 5.75 Å². The highest BCUT2D eigenvalue weighted by Gasteiger charge is 2.18. The number of anilines is 3. The van der Waals surface area contributed by atoms with Crippen LogP contribution in [-0.4, -0.2) is 31.9 Å². The number of piperidine rings is 1. The number of hydrogen-bond donors (Lipinski definition) is 2. The third-order valence-electron chi connectivity index (χ3n) is 4.74. The first kappa shape index (κ1) is 18.8. The first-order chi connectivity index (χ1) is 13.0. The van der Waals surface area contributed by atoms with E-state index < -0.39 is 0 Å². The van der Waals surface area contributed by atoms with E-state index in [0.29, 0.717) is 17.1 Å². The Morgan fingerprint density at radius 1 is 1.19 bits per heavy atom. The van der Waals surface area contributed by atoms with E-state index in [1.165, 1.54) is 11.3 Å². The summed E-state index contributed by atoms with van der Waals surface area (Å²) in [5, 5.41) is 2.66. The highest BCUT2D eigenvalue weighted by atomic mass is 16.5. The van der Waals surface area contributed by atoms with E-state index in [0.717, 1.165) is 32.2 Å². The van der Waals surface area contributed by atoms with Crippen LogP contribution in [0, 0.1) is 12.8 Å². The fourth-order valence-electron chi connectivity index (χ4n) is 3.22. The van der Waals surface area contributed by atoms with Crippen molar-refractivity contribution in [3.63, 3.8) is 0 Å². The molecule has 2 aliphatic rings. The fourth-order valence-corrected chi connectivity index (χ4v) is 3.22. The molecule has 2 aromatic rings. The smallest absolute Gasteiger partial charge is 0.262 e. The van der Waals surface area contributed by atoms with Crippen LogP contribution in [0.4, 0.5) is 17.1 Å². The predicted octanol–water partition coefficient (Wildman–Crippen LogP) is 3.01. The maximum atomic E-state index is 10.9. The molecular formula is C21H25N3O3. The van der Waals surface area contributed by atoms with Crippen LogP contribution in [0.5, 0.6) is 5.75 Å². The predicted molar refractivity (Wildman–Crippen MR) is 107 cm³/mol. The van der Waals surface area contributed by atoms with Gasteiger partial charge in [0.25, 0.3) is 5.91 Å². The minimum Gasteiger partial charge on any atom is -0.482 e. The molecule has 2 heterocycles. The molecule has 1 saturated heterocycles. The van der Waals surface area contributed by atoms with Gasteiger partial charge in [0.2, 0.25) is 0 Å². The molecule has 0 aromatic heterocycles. The van der Waals surface area contributed by atoms with Crippen molar-refractivity contribution < 1.29 is 14.3 Å². The van der Waals surface area contributed by atoms with Gasteiger partial charge in [0.15, 0.2) is 6.61 Å². The second-order valence-electron chi connectivity index (χ2n) is 6.89. The molecular weight excluding hydrogens is 342 g/mol. The summed E-state index contributed by atoms with van der Waals surface area (Å²) < 4.78 is 5.12. The van der Waals surface area contributed by atoms with Crippen molar-refractivity contribution in [2.75, 3.05) is 35.6 Å². The zero-order valence-electron chi connectivity index (χ0n) is 15.5. The quantitative estimate of drug-likeness (QED) is 0.630. The molecule has 1 fully saturated rings. The summed E-state index contributed by atoms with van der Waals surface area (Å²) in [5.41, 5.74) is 9.36. The van der Waals surface area contributed by atoms with Crippen molar-refractivity contribution in [2.45, 2.75) is 19.8 Å². The summed E-state index contributed by atoms with van der Waals surface area (Å²) in [6, 6.07) is 13.7. The van der Waals surface area contributed by atoms with Crippen molar-refractivity contribution in [2.24, 2.45) is 5.92 Å². The number of carbonyl (C=O) groups excluding carboxylic acids is 2. The molecule has 0 saturated carbocycles. The van der Waals surface area contributed by atoms with Gasteiger partial charge in [-0.3, -0.25) is 4.79 Å². The molecule has 0 aliphatic carbocycles. The lowest BCUT2D eigenvalue weighted by Crippen LogP contribution is -2.34. The number of nitrogens with zero attached hydrogens (tertiary/aromatic N) is 1. The minimum atomic E-state index is -0.145. The number of fused-ring (bicyclic) bond motifs is 1. The summed E-state index contributed by atoms with van der Waals surface area (Å²) in [5.74, 6) is 0.808. The normalized spacial score (nSPS) is 16.3. The number of nitrogens with two attached hydrogens (primary N) is 1. The number of carbonyl (C=O) groups is 2. The second-order valence-corrected chi connectivity index (χ2v) is 6.89. The molecule has 0 bridgehead atoms. The maximum Gasteiger partial charge on any atom is 0.262 e. The van der Waals surface area contributed by atoms with Gasteiger partial charge in [-0.2, -0.15) is 0 Å². The largest absolute Gasteiger partial charge is 0.482 e. The van der Waals surface area contributed by atoms with Gasteiger partial charge in [-0.05, 0) is 55.7 Å². The van der Waals surface area contributed by atoms with Crippen molar-refractivity contribution in [1.82, 2.24) is 0 Å². The highest BCUT2D eigenvalue weighted by molar-refractivity contribution is 5.95. The molecule has 0 radical (unpaired) electrons. The SMILES string of the molecule is Cc1cccc(N2CCC(C=O)CC2)c1.Nc1ccc2c(c1)NC(=O)CO2. The summed E-state index contributed by atoms with van der Waals surface area (Å²) in [4.78, 5) is 23.9. The third-order valence-corrected chi connectivity index (χ3v) is 4.74. The van der Waals surface area contributed by atoms with Gasteiger partial charge in [0.1, 0.15) is 12.0 Å². The Bertz CT molecular complexity index is 814. The Balaban J connectivity index is 0.000000159. The molecule has 142 valence electrons. The lowest BCUT2D eigenvalue weighted by atomic mass is 9.98. The van der Waals surface area contributed by atoms with Crippen LogP contribution in [0.2, 0.25) is 0 Å². The van der Waals surface area contributed by atoms with Gasteiger partial charge < -0.3 is 25.5 Å². The Morgan fingerprint density at radius 3 is 2.67 bits per heavy atom. The molecule has 2 aromatic carbocycles. The number of ether oxygens (including phenoxy) is 1. The molecule has 2 aliphatic heterocycles. The van der Waals surface area contributed by atoms with E-state index in [-0.39, 0.29) is 18.4 Å². The molecule has 6 heteroatoms. The number of amides is 1. The van der Waals surface area contributed by atoms with E-state index in [2.05, 4.69) is 41.4 Å². The van der Waals surface area contributed by atoms with Gasteiger partial charge in [-0.15, -0.1) is 0 Å². The summed E-state index contributed by atoms with van der Waals surface area (Å²) in [6.07, 6.45) is 3.10. The van der Waals surface area contributed by atoms with Crippen molar-refractivity contribution >= 4 is 29.3 Å². The molecule has 3 N–H and O–H groups in total. The second kappa shape index (κ2) is 8.58. The average molecular weight is 367 g/mol. The Hall–Kier alpha value is -3.02. The van der Waals surface area contributed by atoms with Crippen LogP contribution >= 0.6 is 0 Å². The van der Waals surface area contributed by atoms with Gasteiger partial charge >= 0.3 is 0 Å². The topological polar surface area (TPSA) is 84.7 Å².